The maximum Gasteiger partial charge on any atom is 0.323 e. The van der Waals surface area contributed by atoms with Crippen LogP contribution in [0.25, 0.3) is 10.6 Å². The molecule has 0 aliphatic heterocycles. The molecule has 0 bridgehead atoms. The molecule has 2 heterocycles. The van der Waals surface area contributed by atoms with E-state index in [9.17, 15) is 4.79 Å². The molecule has 0 radical (unpaired) electrons. The lowest BCUT2D eigenvalue weighted by Gasteiger charge is -2.15. The number of aromatic nitrogens is 2. The molecule has 3 rings (SSSR count). The smallest absolute Gasteiger partial charge is 0.323 e. The maximum atomic E-state index is 12.2. The van der Waals surface area contributed by atoms with Crippen LogP contribution in [0, 0.1) is 13.8 Å². The zero-order valence-electron chi connectivity index (χ0n) is 13.7. The highest BCUT2D eigenvalue weighted by Gasteiger charge is 2.14. The highest BCUT2D eigenvalue weighted by molar-refractivity contribution is 7.18. The van der Waals surface area contributed by atoms with Crippen molar-refractivity contribution in [2.45, 2.75) is 20.4 Å². The van der Waals surface area contributed by atoms with Crippen LogP contribution < -0.4 is 5.32 Å². The maximum absolute atomic E-state index is 12.2. The van der Waals surface area contributed by atoms with E-state index in [1.165, 1.54) is 21.8 Å². The average Bonchev–Trinajstić information content (AvgIpc) is 3.17. The normalized spacial score (nSPS) is 10.6. The first-order chi connectivity index (χ1) is 11.5. The van der Waals surface area contributed by atoms with Gasteiger partial charge in [0.1, 0.15) is 16.5 Å². The highest BCUT2D eigenvalue weighted by Crippen LogP contribution is 2.26. The third-order valence-corrected chi connectivity index (χ3v) is 4.36. The number of furan rings is 1. The van der Waals surface area contributed by atoms with Crippen LogP contribution in [0.15, 0.2) is 40.8 Å². The third-order valence-electron chi connectivity index (χ3n) is 3.47. The van der Waals surface area contributed by atoms with E-state index in [0.717, 1.165) is 22.1 Å². The van der Waals surface area contributed by atoms with Crippen LogP contribution >= 0.6 is 11.3 Å². The van der Waals surface area contributed by atoms with Gasteiger partial charge in [-0.15, -0.1) is 10.2 Å². The van der Waals surface area contributed by atoms with Gasteiger partial charge >= 0.3 is 6.03 Å². The molecule has 6 nitrogen and oxygen atoms in total. The van der Waals surface area contributed by atoms with Crippen molar-refractivity contribution in [3.8, 4) is 10.6 Å². The lowest BCUT2D eigenvalue weighted by molar-refractivity contribution is 0.216. The number of carbonyl (C=O) groups is 1. The molecule has 0 saturated heterocycles. The minimum Gasteiger partial charge on any atom is -0.464 e. The van der Waals surface area contributed by atoms with E-state index < -0.39 is 0 Å². The van der Waals surface area contributed by atoms with Crippen LogP contribution in [0.5, 0.6) is 0 Å². The molecule has 0 saturated carbocycles. The molecular weight excluding hydrogens is 324 g/mol. The van der Waals surface area contributed by atoms with Gasteiger partial charge in [0.15, 0.2) is 0 Å². The second-order valence-electron chi connectivity index (χ2n) is 5.58. The SMILES string of the molecule is Cc1ccc(-c2nnc(NC(=O)N(C)Cc3ccc(C)o3)s2)cc1. The van der Waals surface area contributed by atoms with Crippen LogP contribution in [0.4, 0.5) is 9.93 Å². The van der Waals surface area contributed by atoms with Gasteiger partial charge < -0.3 is 9.32 Å². The Morgan fingerprint density at radius 3 is 2.58 bits per heavy atom. The molecule has 0 aliphatic rings. The van der Waals surface area contributed by atoms with Gasteiger partial charge in [0.25, 0.3) is 0 Å². The van der Waals surface area contributed by atoms with Crippen LogP contribution in [0.3, 0.4) is 0 Å². The van der Waals surface area contributed by atoms with Gasteiger partial charge in [-0.1, -0.05) is 41.2 Å². The fourth-order valence-corrected chi connectivity index (χ4v) is 2.89. The van der Waals surface area contributed by atoms with E-state index in [4.69, 9.17) is 4.42 Å². The molecule has 1 N–H and O–H groups in total. The Balaban J connectivity index is 1.63. The molecule has 2 aromatic heterocycles. The summed E-state index contributed by atoms with van der Waals surface area (Å²) in [5.74, 6) is 1.56. The Bertz CT molecular complexity index is 838. The number of nitrogens with one attached hydrogen (secondary N) is 1. The summed E-state index contributed by atoms with van der Waals surface area (Å²) < 4.78 is 5.48. The van der Waals surface area contributed by atoms with Crippen molar-refractivity contribution in [3.63, 3.8) is 0 Å². The van der Waals surface area contributed by atoms with Crippen LogP contribution in [-0.4, -0.2) is 28.2 Å². The summed E-state index contributed by atoms with van der Waals surface area (Å²) in [7, 11) is 1.70. The Morgan fingerprint density at radius 1 is 1.17 bits per heavy atom. The van der Waals surface area contributed by atoms with E-state index in [-0.39, 0.29) is 6.03 Å². The summed E-state index contributed by atoms with van der Waals surface area (Å²) in [5, 5.41) is 12.2. The van der Waals surface area contributed by atoms with Crippen LogP contribution in [-0.2, 0) is 6.54 Å². The standard InChI is InChI=1S/C17H18N4O2S/c1-11-4-7-13(8-5-11)15-19-20-16(24-15)18-17(22)21(3)10-14-9-6-12(2)23-14/h4-9H,10H2,1-3H3,(H,18,20,22). The van der Waals surface area contributed by atoms with Crippen LogP contribution in [0.1, 0.15) is 17.1 Å². The number of hydrogen-bond acceptors (Lipinski definition) is 5. The van der Waals surface area contributed by atoms with Crippen molar-refractivity contribution < 1.29 is 9.21 Å². The number of urea groups is 1. The highest BCUT2D eigenvalue weighted by atomic mass is 32.1. The number of aryl methyl sites for hydroxylation is 2. The zero-order valence-corrected chi connectivity index (χ0v) is 14.6. The second-order valence-corrected chi connectivity index (χ2v) is 6.55. The summed E-state index contributed by atoms with van der Waals surface area (Å²) in [6, 6.07) is 11.5. The van der Waals surface area contributed by atoms with Gasteiger partial charge in [0.2, 0.25) is 5.13 Å². The number of hydrogen-bond donors (Lipinski definition) is 1. The third kappa shape index (κ3) is 3.80. The molecule has 3 aromatic rings. The second kappa shape index (κ2) is 6.84. The predicted octanol–water partition coefficient (Wildman–Crippen LogP) is 4.08. The molecule has 2 amide bonds. The number of nitrogens with zero attached hydrogens (tertiary/aromatic N) is 3. The van der Waals surface area contributed by atoms with Crippen molar-refractivity contribution >= 4 is 22.5 Å². The quantitative estimate of drug-likeness (QED) is 0.775. The number of anilines is 1. The Labute approximate surface area is 144 Å². The van der Waals surface area contributed by atoms with Gasteiger partial charge in [0.05, 0.1) is 6.54 Å². The van der Waals surface area contributed by atoms with Gasteiger partial charge in [-0.3, -0.25) is 5.32 Å². The van der Waals surface area contributed by atoms with E-state index in [2.05, 4.69) is 15.5 Å². The van der Waals surface area contributed by atoms with Gasteiger partial charge in [-0.2, -0.15) is 0 Å². The Hall–Kier alpha value is -2.67. The van der Waals surface area contributed by atoms with Crippen molar-refractivity contribution in [1.82, 2.24) is 15.1 Å². The summed E-state index contributed by atoms with van der Waals surface area (Å²) in [4.78, 5) is 13.8. The van der Waals surface area contributed by atoms with Crippen LogP contribution in [0.2, 0.25) is 0 Å². The summed E-state index contributed by atoms with van der Waals surface area (Å²) in [5.41, 5.74) is 2.17. The first kappa shape index (κ1) is 16.2. The number of rotatable bonds is 4. The molecule has 7 heteroatoms. The number of amides is 2. The number of carbonyl (C=O) groups excluding carboxylic acids is 1. The van der Waals surface area contributed by atoms with Gasteiger partial charge in [-0.25, -0.2) is 4.79 Å². The van der Waals surface area contributed by atoms with Crippen molar-refractivity contribution in [1.29, 1.82) is 0 Å². The van der Waals surface area contributed by atoms with Gasteiger partial charge in [-0.05, 0) is 26.0 Å². The first-order valence-corrected chi connectivity index (χ1v) is 8.31. The molecule has 0 unspecified atom stereocenters. The minimum atomic E-state index is -0.254. The molecule has 0 spiro atoms. The Kier molecular flexibility index (Phi) is 4.61. The number of benzene rings is 1. The molecule has 1 aromatic carbocycles. The van der Waals surface area contributed by atoms with Crippen molar-refractivity contribution in [2.75, 3.05) is 12.4 Å². The summed E-state index contributed by atoms with van der Waals surface area (Å²) >= 11 is 1.34. The van der Waals surface area contributed by atoms with E-state index in [1.54, 1.807) is 7.05 Å². The summed E-state index contributed by atoms with van der Waals surface area (Å²) in [6.07, 6.45) is 0. The largest absolute Gasteiger partial charge is 0.464 e. The monoisotopic (exact) mass is 342 g/mol. The van der Waals surface area contributed by atoms with E-state index >= 15 is 0 Å². The molecule has 124 valence electrons. The van der Waals surface area contributed by atoms with Crippen molar-refractivity contribution in [2.24, 2.45) is 0 Å². The average molecular weight is 342 g/mol. The fourth-order valence-electron chi connectivity index (χ4n) is 2.15. The van der Waals surface area contributed by atoms with E-state index in [0.29, 0.717) is 11.7 Å². The topological polar surface area (TPSA) is 71.3 Å². The van der Waals surface area contributed by atoms with Gasteiger partial charge in [0, 0.05) is 12.6 Å². The zero-order chi connectivity index (χ0) is 17.1. The lowest BCUT2D eigenvalue weighted by atomic mass is 10.2. The molecule has 24 heavy (non-hydrogen) atoms. The first-order valence-electron chi connectivity index (χ1n) is 7.49. The predicted molar refractivity (Wildman–Crippen MR) is 94.0 cm³/mol. The Morgan fingerprint density at radius 2 is 1.92 bits per heavy atom. The van der Waals surface area contributed by atoms with E-state index in [1.807, 2.05) is 50.2 Å². The lowest BCUT2D eigenvalue weighted by Crippen LogP contribution is -2.30. The molecular formula is C17H18N4O2S. The molecule has 0 atom stereocenters. The summed E-state index contributed by atoms with van der Waals surface area (Å²) in [6.45, 7) is 4.30. The minimum absolute atomic E-state index is 0.254. The molecule has 0 fully saturated rings. The van der Waals surface area contributed by atoms with Crippen molar-refractivity contribution in [3.05, 3.63) is 53.5 Å². The molecule has 0 aliphatic carbocycles. The fraction of sp³-hybridized carbons (Fsp3) is 0.235.